The normalized spacial score (nSPS) is 22.1. The molecule has 8 heteroatoms. The minimum Gasteiger partial charge on any atom is -0.381 e. The molecule has 0 spiro atoms. The number of hydrogen-bond donors (Lipinski definition) is 1. The van der Waals surface area contributed by atoms with Crippen LogP contribution in [0.2, 0.25) is 0 Å². The van der Waals surface area contributed by atoms with Crippen molar-refractivity contribution in [3.05, 3.63) is 53.1 Å². The molecule has 2 fully saturated rings. The third-order valence-corrected chi connectivity index (χ3v) is 7.06. The number of anilines is 1. The number of nitrogens with one attached hydrogen (secondary N) is 1. The van der Waals surface area contributed by atoms with Crippen molar-refractivity contribution < 1.29 is 13.9 Å². The third-order valence-electron chi connectivity index (χ3n) is 7.06. The molecular formula is C25H32FN5O2. The second kappa shape index (κ2) is 10.1. The van der Waals surface area contributed by atoms with Gasteiger partial charge in [-0.15, -0.1) is 0 Å². The molecule has 1 N–H and O–H groups in total. The van der Waals surface area contributed by atoms with Gasteiger partial charge in [-0.2, -0.15) is 0 Å². The summed E-state index contributed by atoms with van der Waals surface area (Å²) in [5.74, 6) is 0.548. The summed E-state index contributed by atoms with van der Waals surface area (Å²) in [6.45, 7) is 4.01. The highest BCUT2D eigenvalue weighted by atomic mass is 19.1. The number of piperidine rings is 1. The van der Waals surface area contributed by atoms with Crippen LogP contribution in [0.25, 0.3) is 0 Å². The maximum Gasteiger partial charge on any atom is 0.237 e. The summed E-state index contributed by atoms with van der Waals surface area (Å²) in [7, 11) is 0. The smallest absolute Gasteiger partial charge is 0.237 e. The first-order chi connectivity index (χ1) is 16.2. The van der Waals surface area contributed by atoms with Crippen molar-refractivity contribution in [3.63, 3.8) is 0 Å². The Kier molecular flexibility index (Phi) is 6.83. The van der Waals surface area contributed by atoms with Crippen LogP contribution in [0, 0.1) is 5.82 Å². The molecule has 1 aromatic carbocycles. The Bertz CT molecular complexity index is 964. The summed E-state index contributed by atoms with van der Waals surface area (Å²) < 4.78 is 18.8. The fraction of sp³-hybridized carbons (Fsp3) is 0.560. The van der Waals surface area contributed by atoms with Crippen LogP contribution in [0.3, 0.4) is 0 Å². The minimum atomic E-state index is -0.225. The minimum absolute atomic E-state index is 0.132. The van der Waals surface area contributed by atoms with Crippen LogP contribution in [0.1, 0.15) is 55.0 Å². The van der Waals surface area contributed by atoms with Gasteiger partial charge in [0.05, 0.1) is 18.8 Å². The van der Waals surface area contributed by atoms with E-state index in [0.717, 1.165) is 75.1 Å². The Morgan fingerprint density at radius 1 is 1.12 bits per heavy atom. The molecule has 3 aliphatic heterocycles. The molecule has 0 bridgehead atoms. The SMILES string of the molecule is O=C(CN1CCCCC1c1ccc(F)cc1)N1CCc2cnc(NC3CCOCC3)nc2C1. The van der Waals surface area contributed by atoms with Crippen LogP contribution in [0.15, 0.2) is 30.5 Å². The number of carbonyl (C=O) groups is 1. The van der Waals surface area contributed by atoms with Crippen molar-refractivity contribution in [1.29, 1.82) is 0 Å². The molecule has 1 unspecified atom stereocenters. The predicted molar refractivity (Wildman–Crippen MR) is 123 cm³/mol. The van der Waals surface area contributed by atoms with Gasteiger partial charge >= 0.3 is 0 Å². The molecule has 176 valence electrons. The fourth-order valence-corrected chi connectivity index (χ4v) is 5.13. The predicted octanol–water partition coefficient (Wildman–Crippen LogP) is 3.32. The highest BCUT2D eigenvalue weighted by Gasteiger charge is 2.29. The summed E-state index contributed by atoms with van der Waals surface area (Å²) >= 11 is 0. The van der Waals surface area contributed by atoms with Crippen LogP contribution >= 0.6 is 0 Å². The summed E-state index contributed by atoms with van der Waals surface area (Å²) in [4.78, 5) is 26.7. The van der Waals surface area contributed by atoms with E-state index >= 15 is 0 Å². The molecule has 2 aromatic rings. The molecule has 4 heterocycles. The lowest BCUT2D eigenvalue weighted by atomic mass is 9.95. The number of rotatable bonds is 5. The molecule has 1 atom stereocenters. The Labute approximate surface area is 194 Å². The molecule has 3 aliphatic rings. The van der Waals surface area contributed by atoms with E-state index in [1.54, 1.807) is 0 Å². The van der Waals surface area contributed by atoms with Crippen molar-refractivity contribution in [1.82, 2.24) is 19.8 Å². The van der Waals surface area contributed by atoms with Crippen molar-refractivity contribution >= 4 is 11.9 Å². The second-order valence-corrected chi connectivity index (χ2v) is 9.30. The first-order valence-corrected chi connectivity index (χ1v) is 12.1. The van der Waals surface area contributed by atoms with Crippen LogP contribution in [0.5, 0.6) is 0 Å². The number of aromatic nitrogens is 2. The van der Waals surface area contributed by atoms with Crippen LogP contribution in [0.4, 0.5) is 10.3 Å². The highest BCUT2D eigenvalue weighted by molar-refractivity contribution is 5.78. The van der Waals surface area contributed by atoms with E-state index in [0.29, 0.717) is 31.6 Å². The Hall–Kier alpha value is -2.58. The van der Waals surface area contributed by atoms with E-state index in [2.05, 4.69) is 15.2 Å². The average Bonchev–Trinajstić information content (AvgIpc) is 2.85. The average molecular weight is 454 g/mol. The van der Waals surface area contributed by atoms with Gasteiger partial charge in [0.1, 0.15) is 5.82 Å². The van der Waals surface area contributed by atoms with Crippen LogP contribution in [-0.2, 0) is 22.5 Å². The molecule has 0 saturated carbocycles. The zero-order valence-electron chi connectivity index (χ0n) is 19.0. The summed E-state index contributed by atoms with van der Waals surface area (Å²) in [5, 5.41) is 3.43. The molecule has 0 radical (unpaired) electrons. The monoisotopic (exact) mass is 453 g/mol. The fourth-order valence-electron chi connectivity index (χ4n) is 5.13. The third kappa shape index (κ3) is 5.33. The van der Waals surface area contributed by atoms with Crippen LogP contribution < -0.4 is 5.32 Å². The number of likely N-dealkylation sites (tertiary alicyclic amines) is 1. The Morgan fingerprint density at radius 2 is 1.94 bits per heavy atom. The van der Waals surface area contributed by atoms with Gasteiger partial charge in [-0.1, -0.05) is 18.6 Å². The number of ether oxygens (including phenoxy) is 1. The molecule has 7 nitrogen and oxygen atoms in total. The number of amides is 1. The van der Waals surface area contributed by atoms with E-state index < -0.39 is 0 Å². The zero-order chi connectivity index (χ0) is 22.6. The van der Waals surface area contributed by atoms with E-state index in [9.17, 15) is 9.18 Å². The van der Waals surface area contributed by atoms with Gasteiger partial charge in [0.25, 0.3) is 0 Å². The van der Waals surface area contributed by atoms with E-state index in [1.165, 1.54) is 12.1 Å². The lowest BCUT2D eigenvalue weighted by Crippen LogP contribution is -2.45. The Morgan fingerprint density at radius 3 is 2.76 bits per heavy atom. The molecule has 1 aromatic heterocycles. The van der Waals surface area contributed by atoms with Crippen LogP contribution in [-0.4, -0.2) is 64.6 Å². The van der Waals surface area contributed by atoms with E-state index in [-0.39, 0.29) is 17.8 Å². The first kappa shape index (κ1) is 22.2. The largest absolute Gasteiger partial charge is 0.381 e. The number of nitrogens with zero attached hydrogens (tertiary/aromatic N) is 4. The standard InChI is InChI=1S/C25H32FN5O2/c26-20-6-4-18(5-7-20)23-3-1-2-11-30(23)17-24(32)31-12-8-19-15-27-25(29-22(19)16-31)28-21-9-13-33-14-10-21/h4-7,15,21,23H,1-3,8-14,16-17H2,(H,27,28,29). The zero-order valence-corrected chi connectivity index (χ0v) is 19.0. The van der Waals surface area contributed by atoms with Crippen molar-refractivity contribution in [2.75, 3.05) is 38.2 Å². The van der Waals surface area contributed by atoms with Crippen molar-refractivity contribution in [2.45, 2.75) is 57.2 Å². The number of hydrogen-bond acceptors (Lipinski definition) is 6. The maximum absolute atomic E-state index is 13.4. The van der Waals surface area contributed by atoms with Gasteiger partial charge in [-0.25, -0.2) is 14.4 Å². The summed E-state index contributed by atoms with van der Waals surface area (Å²) in [5.41, 5.74) is 3.15. The van der Waals surface area contributed by atoms with Gasteiger partial charge in [-0.05, 0) is 61.9 Å². The molecule has 33 heavy (non-hydrogen) atoms. The maximum atomic E-state index is 13.4. The summed E-state index contributed by atoms with van der Waals surface area (Å²) in [6.07, 6.45) is 7.80. The van der Waals surface area contributed by atoms with Gasteiger partial charge in [0.15, 0.2) is 0 Å². The number of benzene rings is 1. The van der Waals surface area contributed by atoms with E-state index in [4.69, 9.17) is 9.72 Å². The molecule has 1 amide bonds. The van der Waals surface area contributed by atoms with Gasteiger partial charge in [0, 0.05) is 38.0 Å². The topological polar surface area (TPSA) is 70.6 Å². The first-order valence-electron chi connectivity index (χ1n) is 12.1. The quantitative estimate of drug-likeness (QED) is 0.749. The van der Waals surface area contributed by atoms with Gasteiger partial charge < -0.3 is 15.0 Å². The molecule has 5 rings (SSSR count). The Balaban J connectivity index is 1.23. The molecular weight excluding hydrogens is 421 g/mol. The lowest BCUT2D eigenvalue weighted by molar-refractivity contribution is -0.134. The summed E-state index contributed by atoms with van der Waals surface area (Å²) in [6, 6.07) is 7.22. The number of carbonyl (C=O) groups excluding carboxylic acids is 1. The highest BCUT2D eigenvalue weighted by Crippen LogP contribution is 2.31. The van der Waals surface area contributed by atoms with Gasteiger partial charge in [0.2, 0.25) is 11.9 Å². The van der Waals surface area contributed by atoms with Gasteiger partial charge in [-0.3, -0.25) is 9.69 Å². The molecule has 2 saturated heterocycles. The van der Waals surface area contributed by atoms with Crippen molar-refractivity contribution in [3.8, 4) is 0 Å². The lowest BCUT2D eigenvalue weighted by Gasteiger charge is -2.37. The van der Waals surface area contributed by atoms with Crippen molar-refractivity contribution in [2.24, 2.45) is 0 Å². The van der Waals surface area contributed by atoms with E-state index in [1.807, 2.05) is 23.2 Å². The number of halogens is 1. The number of fused-ring (bicyclic) bond motifs is 1. The molecule has 0 aliphatic carbocycles. The second-order valence-electron chi connectivity index (χ2n) is 9.30.